The van der Waals surface area contributed by atoms with Gasteiger partial charge >= 0.3 is 0 Å². The Morgan fingerprint density at radius 2 is 1.79 bits per heavy atom. The fourth-order valence-electron chi connectivity index (χ4n) is 3.08. The largest absolute Gasteiger partial charge is 0.342 e. The van der Waals surface area contributed by atoms with Gasteiger partial charge in [-0.25, -0.2) is 24.9 Å². The molecule has 0 radical (unpaired) electrons. The summed E-state index contributed by atoms with van der Waals surface area (Å²) in [5.41, 5.74) is 1.45. The van der Waals surface area contributed by atoms with Crippen molar-refractivity contribution in [2.75, 3.05) is 5.32 Å². The van der Waals surface area contributed by atoms with Gasteiger partial charge in [-0.3, -0.25) is 14.3 Å². The van der Waals surface area contributed by atoms with Crippen molar-refractivity contribution in [2.45, 2.75) is 39.2 Å². The number of aryl methyl sites for hydroxylation is 1. The molecule has 170 valence electrons. The molecule has 0 bridgehead atoms. The van der Waals surface area contributed by atoms with E-state index < -0.39 is 6.04 Å². The highest BCUT2D eigenvalue weighted by Gasteiger charge is 2.21. The molecule has 2 amide bonds. The Hall–Kier alpha value is -3.80. The van der Waals surface area contributed by atoms with Gasteiger partial charge in [-0.05, 0) is 6.92 Å². The quantitative estimate of drug-likeness (QED) is 0.458. The molecule has 4 heterocycles. The lowest BCUT2D eigenvalue weighted by atomic mass is 9.92. The highest BCUT2D eigenvalue weighted by molar-refractivity contribution is 7.13. The number of hydrogen-bond donors (Lipinski definition) is 2. The van der Waals surface area contributed by atoms with E-state index in [-0.39, 0.29) is 22.9 Å². The number of nitrogens with zero attached hydrogens (tertiary/aromatic N) is 7. The van der Waals surface area contributed by atoms with Gasteiger partial charge in [0.25, 0.3) is 11.8 Å². The van der Waals surface area contributed by atoms with Crippen LogP contribution in [0.3, 0.4) is 0 Å². The van der Waals surface area contributed by atoms with E-state index >= 15 is 0 Å². The molecular weight excluding hydrogens is 442 g/mol. The van der Waals surface area contributed by atoms with Gasteiger partial charge in [0, 0.05) is 18.5 Å². The summed E-state index contributed by atoms with van der Waals surface area (Å²) in [4.78, 5) is 46.8. The van der Waals surface area contributed by atoms with E-state index in [0.717, 1.165) is 5.69 Å². The van der Waals surface area contributed by atoms with Crippen LogP contribution in [0.1, 0.15) is 64.6 Å². The first-order valence-electron chi connectivity index (χ1n) is 10.2. The fraction of sp³-hybridized carbons (Fsp3) is 0.333. The fourth-order valence-corrected chi connectivity index (χ4v) is 3.89. The van der Waals surface area contributed by atoms with Crippen molar-refractivity contribution >= 4 is 40.0 Å². The summed E-state index contributed by atoms with van der Waals surface area (Å²) < 4.78 is 1.57. The van der Waals surface area contributed by atoms with E-state index in [1.54, 1.807) is 30.9 Å². The first-order valence-corrected chi connectivity index (χ1v) is 11.0. The Bertz CT molecular complexity index is 1340. The summed E-state index contributed by atoms with van der Waals surface area (Å²) in [5.74, 6) is -0.288. The molecule has 4 aromatic rings. The molecule has 2 N–H and O–H groups in total. The van der Waals surface area contributed by atoms with Crippen LogP contribution in [0.2, 0.25) is 0 Å². The number of thiazole rings is 1. The van der Waals surface area contributed by atoms with E-state index in [2.05, 4.69) is 40.7 Å². The van der Waals surface area contributed by atoms with Crippen molar-refractivity contribution < 1.29 is 9.59 Å². The monoisotopic (exact) mass is 465 g/mol. The van der Waals surface area contributed by atoms with Crippen LogP contribution in [0.15, 0.2) is 31.1 Å². The van der Waals surface area contributed by atoms with Crippen molar-refractivity contribution in [3.63, 3.8) is 0 Å². The van der Waals surface area contributed by atoms with Gasteiger partial charge < -0.3 is 10.6 Å². The number of carbonyl (C=O) groups is 2. The number of rotatable bonds is 5. The van der Waals surface area contributed by atoms with Crippen molar-refractivity contribution in [1.82, 2.24) is 40.0 Å². The molecule has 0 saturated heterocycles. The minimum absolute atomic E-state index is 0.168. The molecule has 0 saturated carbocycles. The summed E-state index contributed by atoms with van der Waals surface area (Å²) in [6, 6.07) is 1.32. The van der Waals surface area contributed by atoms with Crippen LogP contribution in [0, 0.1) is 0 Å². The summed E-state index contributed by atoms with van der Waals surface area (Å²) in [5, 5.41) is 10.9. The first kappa shape index (κ1) is 22.4. The van der Waals surface area contributed by atoms with E-state index in [1.165, 1.54) is 30.2 Å². The van der Waals surface area contributed by atoms with Gasteiger partial charge in [-0.15, -0.1) is 11.3 Å². The van der Waals surface area contributed by atoms with Crippen molar-refractivity contribution in [3.8, 4) is 0 Å². The van der Waals surface area contributed by atoms with E-state index in [0.29, 0.717) is 26.7 Å². The van der Waals surface area contributed by atoms with E-state index in [1.807, 2.05) is 20.8 Å². The average Bonchev–Trinajstić information content (AvgIpc) is 3.41. The summed E-state index contributed by atoms with van der Waals surface area (Å²) in [6.45, 7) is 7.90. The topological polar surface area (TPSA) is 140 Å². The van der Waals surface area contributed by atoms with Crippen molar-refractivity contribution in [1.29, 1.82) is 0 Å². The molecule has 11 nitrogen and oxygen atoms in total. The molecule has 33 heavy (non-hydrogen) atoms. The molecule has 12 heteroatoms. The van der Waals surface area contributed by atoms with Crippen molar-refractivity contribution in [3.05, 3.63) is 52.4 Å². The molecule has 0 spiro atoms. The van der Waals surface area contributed by atoms with Crippen molar-refractivity contribution in [2.24, 2.45) is 7.05 Å². The maximum absolute atomic E-state index is 12.8. The van der Waals surface area contributed by atoms with Crippen LogP contribution >= 0.6 is 11.3 Å². The number of nitrogens with one attached hydrogen (secondary N) is 2. The number of amides is 2. The molecule has 0 aliphatic heterocycles. The van der Waals surface area contributed by atoms with Gasteiger partial charge in [-0.1, -0.05) is 20.8 Å². The Labute approximate surface area is 193 Å². The molecule has 1 unspecified atom stereocenters. The standard InChI is InChI=1S/C21H23N9O2S/c1-11(28-19(32)16-12-7-27-30(5)17(12)26-10-25-16)20-22-8-13(33-20)18(31)29-15-6-14(21(2,3)4)23-9-24-15/h6-11H,1-5H3,(H,28,32)(H,23,24,29,31). The molecule has 0 fully saturated rings. The zero-order valence-electron chi connectivity index (χ0n) is 18.8. The molecule has 4 aromatic heterocycles. The lowest BCUT2D eigenvalue weighted by molar-refractivity contribution is 0.0936. The Kier molecular flexibility index (Phi) is 5.85. The third kappa shape index (κ3) is 4.70. The van der Waals surface area contributed by atoms with Gasteiger partial charge in [-0.2, -0.15) is 5.10 Å². The second kappa shape index (κ2) is 8.62. The van der Waals surface area contributed by atoms with Gasteiger partial charge in [0.15, 0.2) is 5.65 Å². The molecule has 1 atom stereocenters. The zero-order chi connectivity index (χ0) is 23.8. The predicted octanol–water partition coefficient (Wildman–Crippen LogP) is 2.65. The Morgan fingerprint density at radius 1 is 1.03 bits per heavy atom. The van der Waals surface area contributed by atoms with Crippen LogP contribution in [-0.4, -0.2) is 46.5 Å². The van der Waals surface area contributed by atoms with Crippen LogP contribution in [0.4, 0.5) is 5.82 Å². The second-order valence-corrected chi connectivity index (χ2v) is 9.54. The molecule has 4 rings (SSSR count). The lowest BCUT2D eigenvalue weighted by Crippen LogP contribution is -2.27. The van der Waals surface area contributed by atoms with E-state index in [4.69, 9.17) is 0 Å². The maximum atomic E-state index is 12.8. The third-order valence-electron chi connectivity index (χ3n) is 4.89. The predicted molar refractivity (Wildman–Crippen MR) is 123 cm³/mol. The smallest absolute Gasteiger partial charge is 0.271 e. The first-order chi connectivity index (χ1) is 15.6. The zero-order valence-corrected chi connectivity index (χ0v) is 19.6. The summed E-state index contributed by atoms with van der Waals surface area (Å²) in [7, 11) is 1.74. The second-order valence-electron chi connectivity index (χ2n) is 8.48. The number of fused-ring (bicyclic) bond motifs is 1. The highest BCUT2D eigenvalue weighted by Crippen LogP contribution is 2.24. The SMILES string of the molecule is CC(NC(=O)c1ncnc2c1cnn2C)c1ncc(C(=O)Nc2cc(C(C)(C)C)ncn2)s1. The number of anilines is 1. The van der Waals surface area contributed by atoms with Gasteiger partial charge in [0.1, 0.15) is 34.1 Å². The van der Waals surface area contributed by atoms with Gasteiger partial charge in [0.2, 0.25) is 0 Å². The van der Waals surface area contributed by atoms with Crippen LogP contribution in [0.5, 0.6) is 0 Å². The molecular formula is C21H23N9O2S. The number of carbonyl (C=O) groups excluding carboxylic acids is 2. The minimum Gasteiger partial charge on any atom is -0.342 e. The molecule has 0 aliphatic rings. The van der Waals surface area contributed by atoms with Gasteiger partial charge in [0.05, 0.1) is 29.5 Å². The summed E-state index contributed by atoms with van der Waals surface area (Å²) >= 11 is 1.19. The Morgan fingerprint density at radius 3 is 2.55 bits per heavy atom. The minimum atomic E-state index is -0.433. The number of hydrogen-bond acceptors (Lipinski definition) is 9. The Balaban J connectivity index is 1.45. The van der Waals surface area contributed by atoms with Crippen LogP contribution < -0.4 is 10.6 Å². The number of aromatic nitrogens is 7. The maximum Gasteiger partial charge on any atom is 0.271 e. The van der Waals surface area contributed by atoms with Crippen LogP contribution in [-0.2, 0) is 12.5 Å². The highest BCUT2D eigenvalue weighted by atomic mass is 32.1. The third-order valence-corrected chi connectivity index (χ3v) is 6.07. The summed E-state index contributed by atoms with van der Waals surface area (Å²) in [6.07, 6.45) is 5.79. The normalized spacial score (nSPS) is 12.5. The lowest BCUT2D eigenvalue weighted by Gasteiger charge is -2.17. The van der Waals surface area contributed by atoms with E-state index in [9.17, 15) is 9.59 Å². The average molecular weight is 466 g/mol. The molecule has 0 aliphatic carbocycles. The molecule has 0 aromatic carbocycles. The van der Waals surface area contributed by atoms with Crippen LogP contribution in [0.25, 0.3) is 11.0 Å².